The van der Waals surface area contributed by atoms with Crippen molar-refractivity contribution in [1.82, 2.24) is 29.3 Å². The van der Waals surface area contributed by atoms with Crippen LogP contribution in [0.25, 0.3) is 11.6 Å². The molecule has 5 rings (SSSR count). The number of piperazine rings is 1. The van der Waals surface area contributed by atoms with Gasteiger partial charge in [-0.25, -0.2) is 9.97 Å². The van der Waals surface area contributed by atoms with Crippen LogP contribution in [0.4, 0.5) is 18.9 Å². The van der Waals surface area contributed by atoms with Crippen molar-refractivity contribution >= 4 is 11.6 Å². The number of aromatic amines is 1. The molecule has 0 bridgehead atoms. The molecule has 42 heavy (non-hydrogen) atoms. The highest BCUT2D eigenvalue weighted by Crippen LogP contribution is 2.34. The minimum absolute atomic E-state index is 0.0804. The number of rotatable bonds is 5. The quantitative estimate of drug-likeness (QED) is 0.333. The van der Waals surface area contributed by atoms with Crippen LogP contribution in [0.15, 0.2) is 48.8 Å². The molecule has 0 aliphatic carbocycles. The SMILES string of the molecule is Cc1cnc(-c2nc(C#Cc3cc(C(=O)Nc4ccc(CN5CCN(C)CC5)c(C(F)(F)F)c4)ccc3C)cn2C)[nH]1. The largest absolute Gasteiger partial charge is 0.416 e. The second-order valence-corrected chi connectivity index (χ2v) is 10.7. The van der Waals surface area contributed by atoms with Crippen molar-refractivity contribution in [2.24, 2.45) is 7.05 Å². The molecule has 0 spiro atoms. The molecule has 8 nitrogen and oxygen atoms in total. The van der Waals surface area contributed by atoms with Crippen molar-refractivity contribution in [3.63, 3.8) is 0 Å². The number of carbonyl (C=O) groups is 1. The van der Waals surface area contributed by atoms with Gasteiger partial charge in [-0.3, -0.25) is 9.69 Å². The van der Waals surface area contributed by atoms with Crippen molar-refractivity contribution in [2.45, 2.75) is 26.6 Å². The first-order valence-electron chi connectivity index (χ1n) is 13.6. The molecule has 0 radical (unpaired) electrons. The number of carbonyl (C=O) groups excluding carboxylic acids is 1. The van der Waals surface area contributed by atoms with Gasteiger partial charge in [-0.2, -0.15) is 13.2 Å². The first-order valence-corrected chi connectivity index (χ1v) is 13.6. The number of hydrogen-bond acceptors (Lipinski definition) is 5. The Kier molecular flexibility index (Phi) is 8.20. The lowest BCUT2D eigenvalue weighted by molar-refractivity contribution is -0.138. The van der Waals surface area contributed by atoms with E-state index in [0.29, 0.717) is 36.0 Å². The highest BCUT2D eigenvalue weighted by atomic mass is 19.4. The first kappa shape index (κ1) is 29.1. The second-order valence-electron chi connectivity index (χ2n) is 10.7. The lowest BCUT2D eigenvalue weighted by Crippen LogP contribution is -2.44. The lowest BCUT2D eigenvalue weighted by atomic mass is 10.0. The average Bonchev–Trinajstić information content (AvgIpc) is 3.54. The van der Waals surface area contributed by atoms with Crippen LogP contribution in [0, 0.1) is 25.7 Å². The maximum Gasteiger partial charge on any atom is 0.416 e. The molecule has 0 unspecified atom stereocenters. The summed E-state index contributed by atoms with van der Waals surface area (Å²) < 4.78 is 43.8. The van der Waals surface area contributed by atoms with Crippen molar-refractivity contribution < 1.29 is 18.0 Å². The van der Waals surface area contributed by atoms with Crippen LogP contribution in [0.5, 0.6) is 0 Å². The summed E-state index contributed by atoms with van der Waals surface area (Å²) in [4.78, 5) is 29.2. The fourth-order valence-electron chi connectivity index (χ4n) is 4.81. The molecule has 4 aromatic rings. The summed E-state index contributed by atoms with van der Waals surface area (Å²) in [6.07, 6.45) is -1.03. The number of imidazole rings is 2. The van der Waals surface area contributed by atoms with Crippen LogP contribution in [0.3, 0.4) is 0 Å². The number of aryl methyl sites for hydroxylation is 3. The summed E-state index contributed by atoms with van der Waals surface area (Å²) in [7, 11) is 3.85. The third-order valence-electron chi connectivity index (χ3n) is 7.28. The number of likely N-dealkylation sites (N-methyl/N-ethyl adjacent to an activating group) is 1. The van der Waals surface area contributed by atoms with Gasteiger partial charge in [0.25, 0.3) is 5.91 Å². The minimum atomic E-state index is -4.55. The molecule has 0 atom stereocenters. The number of alkyl halides is 3. The highest BCUT2D eigenvalue weighted by Gasteiger charge is 2.34. The van der Waals surface area contributed by atoms with Gasteiger partial charge < -0.3 is 19.8 Å². The smallest absolute Gasteiger partial charge is 0.340 e. The minimum Gasteiger partial charge on any atom is -0.340 e. The van der Waals surface area contributed by atoms with E-state index >= 15 is 0 Å². The summed E-state index contributed by atoms with van der Waals surface area (Å²) in [5.74, 6) is 6.86. The number of aromatic nitrogens is 4. The Morgan fingerprint density at radius 2 is 1.81 bits per heavy atom. The van der Waals surface area contributed by atoms with E-state index in [1.807, 2.05) is 37.4 Å². The van der Waals surface area contributed by atoms with Crippen LogP contribution in [0.1, 0.15) is 44.0 Å². The topological polar surface area (TPSA) is 82.1 Å². The Balaban J connectivity index is 1.33. The standard InChI is InChI=1S/C31H32F3N7O/c1-20-5-6-23(15-22(20)7-10-26-19-40(4)29(37-26)28-35-17-21(2)36-28)30(42)38-25-9-8-24(27(16-25)31(32,33)34)18-41-13-11-39(3)12-14-41/h5-6,8-9,15-17,19H,11-14,18H2,1-4H3,(H,35,36)(H,38,42). The Bertz CT molecular complexity index is 1670. The number of amides is 1. The molecule has 1 aliphatic heterocycles. The van der Waals surface area contributed by atoms with Gasteiger partial charge in [0.05, 0.1) is 5.56 Å². The molecule has 0 saturated carbocycles. The lowest BCUT2D eigenvalue weighted by Gasteiger charge is -2.33. The molecule has 2 aromatic heterocycles. The summed E-state index contributed by atoms with van der Waals surface area (Å²) in [5, 5.41) is 2.63. The van der Waals surface area contributed by atoms with Gasteiger partial charge >= 0.3 is 6.18 Å². The molecule has 11 heteroatoms. The second kappa shape index (κ2) is 11.8. The molecule has 1 saturated heterocycles. The van der Waals surface area contributed by atoms with E-state index in [-0.39, 0.29) is 23.4 Å². The van der Waals surface area contributed by atoms with E-state index in [4.69, 9.17) is 0 Å². The fraction of sp³-hybridized carbons (Fsp3) is 0.323. The molecule has 1 fully saturated rings. The monoisotopic (exact) mass is 575 g/mol. The zero-order valence-corrected chi connectivity index (χ0v) is 23.9. The van der Waals surface area contributed by atoms with E-state index < -0.39 is 17.6 Å². The van der Waals surface area contributed by atoms with Crippen LogP contribution < -0.4 is 5.32 Å². The predicted molar refractivity (Wildman–Crippen MR) is 155 cm³/mol. The van der Waals surface area contributed by atoms with E-state index in [1.165, 1.54) is 12.1 Å². The Morgan fingerprint density at radius 1 is 1.05 bits per heavy atom. The van der Waals surface area contributed by atoms with Gasteiger partial charge in [-0.15, -0.1) is 0 Å². The van der Waals surface area contributed by atoms with E-state index in [9.17, 15) is 18.0 Å². The molecule has 218 valence electrons. The maximum atomic E-state index is 14.0. The van der Waals surface area contributed by atoms with Crippen LogP contribution in [-0.4, -0.2) is 68.5 Å². The van der Waals surface area contributed by atoms with Gasteiger partial charge in [0, 0.05) is 74.7 Å². The number of halogens is 3. The van der Waals surface area contributed by atoms with Crippen LogP contribution >= 0.6 is 0 Å². The average molecular weight is 576 g/mol. The fourth-order valence-corrected chi connectivity index (χ4v) is 4.81. The van der Waals surface area contributed by atoms with Crippen molar-refractivity contribution in [2.75, 3.05) is 38.5 Å². The molecular formula is C31H32F3N7O. The summed E-state index contributed by atoms with van der Waals surface area (Å²) in [5.41, 5.74) is 2.73. The van der Waals surface area contributed by atoms with Crippen molar-refractivity contribution in [1.29, 1.82) is 0 Å². The first-order chi connectivity index (χ1) is 20.0. The number of nitrogens with one attached hydrogen (secondary N) is 2. The Hall–Kier alpha value is -4.40. The predicted octanol–water partition coefficient (Wildman–Crippen LogP) is 4.85. The van der Waals surface area contributed by atoms with Gasteiger partial charge in [-0.05, 0) is 62.2 Å². The zero-order chi connectivity index (χ0) is 30.0. The molecule has 2 N–H and O–H groups in total. The number of hydrogen-bond donors (Lipinski definition) is 2. The van der Waals surface area contributed by atoms with Gasteiger partial charge in [0.2, 0.25) is 0 Å². The van der Waals surface area contributed by atoms with E-state index in [1.54, 1.807) is 30.6 Å². The summed E-state index contributed by atoms with van der Waals surface area (Å²) >= 11 is 0. The Labute approximate surface area is 242 Å². The van der Waals surface area contributed by atoms with E-state index in [0.717, 1.165) is 30.4 Å². The van der Waals surface area contributed by atoms with Crippen molar-refractivity contribution in [3.8, 4) is 23.5 Å². The van der Waals surface area contributed by atoms with Crippen LogP contribution in [0.2, 0.25) is 0 Å². The van der Waals surface area contributed by atoms with Crippen molar-refractivity contribution in [3.05, 3.63) is 88.0 Å². The molecule has 1 amide bonds. The maximum absolute atomic E-state index is 14.0. The third kappa shape index (κ3) is 6.73. The number of nitrogens with zero attached hydrogens (tertiary/aromatic N) is 5. The number of H-pyrrole nitrogens is 1. The Morgan fingerprint density at radius 3 is 2.50 bits per heavy atom. The zero-order valence-electron chi connectivity index (χ0n) is 23.9. The molecule has 2 aromatic carbocycles. The summed E-state index contributed by atoms with van der Waals surface area (Å²) in [6, 6.07) is 9.00. The van der Waals surface area contributed by atoms with Gasteiger partial charge in [-0.1, -0.05) is 18.1 Å². The summed E-state index contributed by atoms with van der Waals surface area (Å²) in [6.45, 7) is 7.02. The van der Waals surface area contributed by atoms with E-state index in [2.05, 4.69) is 37.0 Å². The van der Waals surface area contributed by atoms with Gasteiger partial charge in [0.1, 0.15) is 5.69 Å². The number of anilines is 1. The highest BCUT2D eigenvalue weighted by molar-refractivity contribution is 6.04. The molecule has 3 heterocycles. The third-order valence-corrected chi connectivity index (χ3v) is 7.28. The molecular weight excluding hydrogens is 543 g/mol. The van der Waals surface area contributed by atoms with Crippen LogP contribution in [-0.2, 0) is 19.8 Å². The number of benzene rings is 2. The molecule has 1 aliphatic rings. The van der Waals surface area contributed by atoms with Gasteiger partial charge in [0.15, 0.2) is 11.6 Å². The normalized spacial score (nSPS) is 14.5.